The summed E-state index contributed by atoms with van der Waals surface area (Å²) in [6.07, 6.45) is 3.67. The summed E-state index contributed by atoms with van der Waals surface area (Å²) >= 11 is 0. The predicted molar refractivity (Wildman–Crippen MR) is 86.1 cm³/mol. The molecule has 112 valence electrons. The van der Waals surface area contributed by atoms with Gasteiger partial charge in [0.2, 0.25) is 0 Å². The van der Waals surface area contributed by atoms with E-state index in [-0.39, 0.29) is 6.61 Å². The van der Waals surface area contributed by atoms with Crippen LogP contribution in [0, 0.1) is 20.8 Å². The first kappa shape index (κ1) is 15.7. The normalized spacial score (nSPS) is 11.1. The molecule has 0 saturated heterocycles. The molecule has 0 fully saturated rings. The molecular formula is C18H24N2O. The molecule has 0 radical (unpaired) electrons. The van der Waals surface area contributed by atoms with Crippen molar-refractivity contribution in [3.05, 3.63) is 64.5 Å². The van der Waals surface area contributed by atoms with Crippen molar-refractivity contribution in [3.8, 4) is 0 Å². The molecular weight excluding hydrogens is 260 g/mol. The van der Waals surface area contributed by atoms with E-state index in [1.807, 2.05) is 12.3 Å². The Labute approximate surface area is 127 Å². The lowest BCUT2D eigenvalue weighted by Crippen LogP contribution is -2.27. The van der Waals surface area contributed by atoms with Crippen molar-refractivity contribution in [1.29, 1.82) is 0 Å². The third-order valence-corrected chi connectivity index (χ3v) is 3.77. The topological polar surface area (TPSA) is 36.4 Å². The van der Waals surface area contributed by atoms with Gasteiger partial charge in [-0.25, -0.2) is 0 Å². The molecule has 0 aliphatic rings. The summed E-state index contributed by atoms with van der Waals surface area (Å²) < 4.78 is 0. The number of aryl methyl sites for hydroxylation is 3. The molecule has 0 unspecified atom stereocenters. The lowest BCUT2D eigenvalue weighted by atomic mass is 9.99. The monoisotopic (exact) mass is 284 g/mol. The Morgan fingerprint density at radius 3 is 2.38 bits per heavy atom. The second-order valence-corrected chi connectivity index (χ2v) is 5.67. The van der Waals surface area contributed by atoms with E-state index in [2.05, 4.69) is 48.9 Å². The minimum atomic E-state index is 0.171. The van der Waals surface area contributed by atoms with Gasteiger partial charge in [-0.2, -0.15) is 0 Å². The van der Waals surface area contributed by atoms with Crippen LogP contribution >= 0.6 is 0 Å². The van der Waals surface area contributed by atoms with Gasteiger partial charge in [0.25, 0.3) is 0 Å². The standard InChI is InChI=1S/C18H24N2O/c1-14-9-15(2)18(16(3)10-14)13-20(7-8-21)12-17-5-4-6-19-11-17/h4-6,9-11,21H,7-8,12-13H2,1-3H3. The lowest BCUT2D eigenvalue weighted by Gasteiger charge is -2.23. The summed E-state index contributed by atoms with van der Waals surface area (Å²) in [6, 6.07) is 8.48. The van der Waals surface area contributed by atoms with Crippen LogP contribution in [0.1, 0.15) is 27.8 Å². The van der Waals surface area contributed by atoms with Gasteiger partial charge in [-0.15, -0.1) is 0 Å². The molecule has 0 bridgehead atoms. The molecule has 1 aromatic carbocycles. The number of hydrogen-bond acceptors (Lipinski definition) is 3. The first-order valence-corrected chi connectivity index (χ1v) is 7.39. The molecule has 0 atom stereocenters. The SMILES string of the molecule is Cc1cc(C)c(CN(CCO)Cc2cccnc2)c(C)c1. The van der Waals surface area contributed by atoms with Crippen LogP contribution in [0.15, 0.2) is 36.7 Å². The Morgan fingerprint density at radius 2 is 1.81 bits per heavy atom. The first-order valence-electron chi connectivity index (χ1n) is 7.39. The van der Waals surface area contributed by atoms with E-state index in [9.17, 15) is 5.11 Å². The molecule has 2 aromatic rings. The second-order valence-electron chi connectivity index (χ2n) is 5.67. The van der Waals surface area contributed by atoms with E-state index in [4.69, 9.17) is 0 Å². The molecule has 1 aromatic heterocycles. The highest BCUT2D eigenvalue weighted by molar-refractivity contribution is 5.37. The summed E-state index contributed by atoms with van der Waals surface area (Å²) in [4.78, 5) is 6.43. The van der Waals surface area contributed by atoms with Crippen LogP contribution in [0.2, 0.25) is 0 Å². The van der Waals surface area contributed by atoms with Gasteiger partial charge in [-0.1, -0.05) is 23.8 Å². The molecule has 3 heteroatoms. The van der Waals surface area contributed by atoms with Gasteiger partial charge in [-0.05, 0) is 49.1 Å². The molecule has 0 spiro atoms. The fourth-order valence-electron chi connectivity index (χ4n) is 2.79. The van der Waals surface area contributed by atoms with Crippen molar-refractivity contribution in [3.63, 3.8) is 0 Å². The highest BCUT2D eigenvalue weighted by atomic mass is 16.3. The Kier molecular flexibility index (Phi) is 5.48. The minimum Gasteiger partial charge on any atom is -0.395 e. The van der Waals surface area contributed by atoms with E-state index in [1.165, 1.54) is 27.8 Å². The molecule has 0 saturated carbocycles. The molecule has 21 heavy (non-hydrogen) atoms. The maximum absolute atomic E-state index is 9.32. The van der Waals surface area contributed by atoms with Crippen molar-refractivity contribution >= 4 is 0 Å². The smallest absolute Gasteiger partial charge is 0.0558 e. The average molecular weight is 284 g/mol. The molecule has 0 aliphatic carbocycles. The maximum atomic E-state index is 9.32. The van der Waals surface area contributed by atoms with Crippen LogP contribution in [0.25, 0.3) is 0 Å². The van der Waals surface area contributed by atoms with E-state index in [1.54, 1.807) is 6.20 Å². The van der Waals surface area contributed by atoms with Gasteiger partial charge in [0, 0.05) is 32.0 Å². The number of rotatable bonds is 6. The summed E-state index contributed by atoms with van der Waals surface area (Å²) in [5.41, 5.74) is 6.48. The van der Waals surface area contributed by atoms with Crippen LogP contribution in [0.3, 0.4) is 0 Å². The zero-order valence-corrected chi connectivity index (χ0v) is 13.1. The molecule has 2 rings (SSSR count). The molecule has 0 amide bonds. The molecule has 3 nitrogen and oxygen atoms in total. The summed E-state index contributed by atoms with van der Waals surface area (Å²) in [5, 5.41) is 9.32. The van der Waals surface area contributed by atoms with Crippen LogP contribution in [-0.4, -0.2) is 28.1 Å². The summed E-state index contributed by atoms with van der Waals surface area (Å²) in [7, 11) is 0. The third-order valence-electron chi connectivity index (χ3n) is 3.77. The maximum Gasteiger partial charge on any atom is 0.0558 e. The van der Waals surface area contributed by atoms with Gasteiger partial charge in [-0.3, -0.25) is 9.88 Å². The van der Waals surface area contributed by atoms with Crippen LogP contribution in [-0.2, 0) is 13.1 Å². The van der Waals surface area contributed by atoms with Crippen molar-refractivity contribution in [2.45, 2.75) is 33.9 Å². The highest BCUT2D eigenvalue weighted by Crippen LogP contribution is 2.19. The Morgan fingerprint density at radius 1 is 1.10 bits per heavy atom. The van der Waals surface area contributed by atoms with Crippen molar-refractivity contribution < 1.29 is 5.11 Å². The fourth-order valence-corrected chi connectivity index (χ4v) is 2.79. The summed E-state index contributed by atoms with van der Waals surface area (Å²) in [5.74, 6) is 0. The van der Waals surface area contributed by atoms with Crippen molar-refractivity contribution in [2.24, 2.45) is 0 Å². The number of aliphatic hydroxyl groups is 1. The largest absolute Gasteiger partial charge is 0.395 e. The molecule has 1 heterocycles. The van der Waals surface area contributed by atoms with E-state index in [0.717, 1.165) is 13.1 Å². The molecule has 0 aliphatic heterocycles. The number of hydrogen-bond donors (Lipinski definition) is 1. The minimum absolute atomic E-state index is 0.171. The Bertz CT molecular complexity index is 558. The van der Waals surface area contributed by atoms with E-state index in [0.29, 0.717) is 6.54 Å². The van der Waals surface area contributed by atoms with Gasteiger partial charge >= 0.3 is 0 Å². The van der Waals surface area contributed by atoms with Crippen LogP contribution < -0.4 is 0 Å². The average Bonchev–Trinajstić information content (AvgIpc) is 2.44. The van der Waals surface area contributed by atoms with Crippen molar-refractivity contribution in [2.75, 3.05) is 13.2 Å². The van der Waals surface area contributed by atoms with Gasteiger partial charge in [0.15, 0.2) is 0 Å². The number of nitrogens with zero attached hydrogens (tertiary/aromatic N) is 2. The molecule has 1 N–H and O–H groups in total. The number of pyridine rings is 1. The Hall–Kier alpha value is -1.71. The van der Waals surface area contributed by atoms with Gasteiger partial charge < -0.3 is 5.11 Å². The predicted octanol–water partition coefficient (Wildman–Crippen LogP) is 3.00. The zero-order valence-electron chi connectivity index (χ0n) is 13.1. The summed E-state index contributed by atoms with van der Waals surface area (Å²) in [6.45, 7) is 8.96. The zero-order chi connectivity index (χ0) is 15.2. The first-order chi connectivity index (χ1) is 10.1. The number of benzene rings is 1. The number of aromatic nitrogens is 1. The van der Waals surface area contributed by atoms with E-state index >= 15 is 0 Å². The Balaban J connectivity index is 2.17. The highest BCUT2D eigenvalue weighted by Gasteiger charge is 2.11. The van der Waals surface area contributed by atoms with Crippen molar-refractivity contribution in [1.82, 2.24) is 9.88 Å². The third kappa shape index (κ3) is 4.38. The van der Waals surface area contributed by atoms with E-state index < -0.39 is 0 Å². The lowest BCUT2D eigenvalue weighted by molar-refractivity contribution is 0.183. The second kappa shape index (κ2) is 7.34. The van der Waals surface area contributed by atoms with Crippen LogP contribution in [0.4, 0.5) is 0 Å². The fraction of sp³-hybridized carbons (Fsp3) is 0.389. The van der Waals surface area contributed by atoms with Gasteiger partial charge in [0.05, 0.1) is 6.61 Å². The number of aliphatic hydroxyl groups excluding tert-OH is 1. The van der Waals surface area contributed by atoms with Gasteiger partial charge in [0.1, 0.15) is 0 Å². The van der Waals surface area contributed by atoms with Crippen LogP contribution in [0.5, 0.6) is 0 Å². The quantitative estimate of drug-likeness (QED) is 0.886.